The van der Waals surface area contributed by atoms with Crippen LogP contribution < -0.4 is 4.90 Å². The van der Waals surface area contributed by atoms with Crippen LogP contribution in [0.25, 0.3) is 0 Å². The highest BCUT2D eigenvalue weighted by Crippen LogP contribution is 2.33. The molecule has 2 N–H and O–H groups in total. The van der Waals surface area contributed by atoms with Gasteiger partial charge in [0.05, 0.1) is 5.71 Å². The molecule has 1 aliphatic rings. The smallest absolute Gasteiger partial charge is 0.0878 e. The monoisotopic (exact) mass is 443 g/mol. The second-order valence-corrected chi connectivity index (χ2v) is 9.05. The van der Waals surface area contributed by atoms with Gasteiger partial charge in [-0.3, -0.25) is 4.98 Å². The first kappa shape index (κ1) is 23.0. The lowest BCUT2D eigenvalue weighted by atomic mass is 9.83. The zero-order valence-electron chi connectivity index (χ0n) is 19.5. The summed E-state index contributed by atoms with van der Waals surface area (Å²) >= 11 is 0. The summed E-state index contributed by atoms with van der Waals surface area (Å²) in [6.45, 7) is 6.33. The van der Waals surface area contributed by atoms with Crippen molar-refractivity contribution in [2.24, 2.45) is 11.1 Å². The van der Waals surface area contributed by atoms with Gasteiger partial charge in [0.25, 0.3) is 0 Å². The highest BCUT2D eigenvalue weighted by Gasteiger charge is 2.22. The van der Waals surface area contributed by atoms with Gasteiger partial charge in [-0.2, -0.15) is 0 Å². The number of anilines is 1. The van der Waals surface area contributed by atoms with Gasteiger partial charge >= 0.3 is 0 Å². The fraction of sp³-hybridized carbons (Fsp3) is 0.357. The maximum absolute atomic E-state index is 9.88. The summed E-state index contributed by atoms with van der Waals surface area (Å²) in [5.74, 6) is 0.499. The molecular weight excluding hydrogens is 410 g/mol. The molecule has 1 atom stereocenters. The van der Waals surface area contributed by atoms with Crippen LogP contribution >= 0.6 is 0 Å². The van der Waals surface area contributed by atoms with E-state index in [1.54, 1.807) is 6.20 Å². The van der Waals surface area contributed by atoms with E-state index in [1.165, 1.54) is 22.4 Å². The van der Waals surface area contributed by atoms with Crippen LogP contribution in [0.5, 0.6) is 0 Å². The number of rotatable bonds is 7. The van der Waals surface area contributed by atoms with Crippen molar-refractivity contribution in [3.05, 3.63) is 94.8 Å². The van der Waals surface area contributed by atoms with Crippen LogP contribution in [0.3, 0.4) is 0 Å². The lowest BCUT2D eigenvalue weighted by Gasteiger charge is -2.33. The van der Waals surface area contributed by atoms with Crippen LogP contribution in [0, 0.1) is 19.8 Å². The number of piperidine rings is 1. The highest BCUT2D eigenvalue weighted by molar-refractivity contribution is 6.01. The molecule has 0 amide bonds. The van der Waals surface area contributed by atoms with Gasteiger partial charge in [0.2, 0.25) is 0 Å². The lowest BCUT2D eigenvalue weighted by molar-refractivity contribution is 0.203. The SMILES string of the molecule is Cc1cc(C(CC(c2ccc(N3CCC(CO)CC3)cc2)c2ccccc2C)=NO)ccn1. The first-order valence-corrected chi connectivity index (χ1v) is 11.7. The molecule has 33 heavy (non-hydrogen) atoms. The number of nitrogens with zero attached hydrogens (tertiary/aromatic N) is 3. The second-order valence-electron chi connectivity index (χ2n) is 9.05. The molecule has 0 aliphatic carbocycles. The summed E-state index contributed by atoms with van der Waals surface area (Å²) in [6, 6.07) is 21.1. The highest BCUT2D eigenvalue weighted by atomic mass is 16.4. The van der Waals surface area contributed by atoms with E-state index in [0.29, 0.717) is 18.1 Å². The molecule has 0 bridgehead atoms. The number of pyridine rings is 1. The molecule has 1 aliphatic heterocycles. The van der Waals surface area contributed by atoms with E-state index < -0.39 is 0 Å². The topological polar surface area (TPSA) is 69.0 Å². The van der Waals surface area contributed by atoms with Crippen LogP contribution in [-0.2, 0) is 0 Å². The van der Waals surface area contributed by atoms with Crippen LogP contribution in [0.2, 0.25) is 0 Å². The molecule has 1 aromatic heterocycles. The standard InChI is InChI=1S/C28H33N3O2/c1-20-5-3-4-6-26(20)27(18-28(30-33)24-11-14-29-21(2)17-24)23-7-9-25(10-8-23)31-15-12-22(19-32)13-16-31/h3-11,14,17,22,27,32-33H,12-13,15-16,18-19H2,1-2H3. The van der Waals surface area contributed by atoms with Gasteiger partial charge < -0.3 is 15.2 Å². The zero-order valence-corrected chi connectivity index (χ0v) is 19.5. The third-order valence-electron chi connectivity index (χ3n) is 6.85. The van der Waals surface area contributed by atoms with E-state index in [2.05, 4.69) is 70.5 Å². The molecule has 4 rings (SSSR count). The Morgan fingerprint density at radius 2 is 1.79 bits per heavy atom. The number of aliphatic hydroxyl groups excluding tert-OH is 1. The maximum Gasteiger partial charge on any atom is 0.0878 e. The van der Waals surface area contributed by atoms with Crippen molar-refractivity contribution < 1.29 is 10.3 Å². The first-order valence-electron chi connectivity index (χ1n) is 11.7. The van der Waals surface area contributed by atoms with Gasteiger partial charge in [-0.1, -0.05) is 41.6 Å². The molecule has 5 heteroatoms. The summed E-state index contributed by atoms with van der Waals surface area (Å²) in [5.41, 5.74) is 7.33. The molecule has 2 heterocycles. The number of aromatic nitrogens is 1. The fourth-order valence-electron chi connectivity index (χ4n) is 4.81. The third kappa shape index (κ3) is 5.42. The van der Waals surface area contributed by atoms with Gasteiger partial charge in [-0.25, -0.2) is 0 Å². The fourth-order valence-corrected chi connectivity index (χ4v) is 4.81. The Balaban J connectivity index is 1.62. The van der Waals surface area contributed by atoms with Crippen molar-refractivity contribution in [3.63, 3.8) is 0 Å². The van der Waals surface area contributed by atoms with E-state index in [-0.39, 0.29) is 12.5 Å². The van der Waals surface area contributed by atoms with Crippen LogP contribution in [0.15, 0.2) is 72.0 Å². The van der Waals surface area contributed by atoms with E-state index in [4.69, 9.17) is 0 Å². The Hall–Kier alpha value is -3.18. The van der Waals surface area contributed by atoms with Crippen molar-refractivity contribution >= 4 is 11.4 Å². The van der Waals surface area contributed by atoms with Crippen molar-refractivity contribution in [1.29, 1.82) is 0 Å². The van der Waals surface area contributed by atoms with Crippen molar-refractivity contribution in [2.45, 2.75) is 39.0 Å². The molecule has 0 radical (unpaired) electrons. The van der Waals surface area contributed by atoms with Crippen LogP contribution in [0.4, 0.5) is 5.69 Å². The van der Waals surface area contributed by atoms with Gasteiger partial charge in [0.1, 0.15) is 0 Å². The summed E-state index contributed by atoms with van der Waals surface area (Å²) < 4.78 is 0. The van der Waals surface area contributed by atoms with Crippen LogP contribution in [-0.4, -0.2) is 40.7 Å². The molecule has 0 spiro atoms. The number of oxime groups is 1. The average molecular weight is 444 g/mol. The average Bonchev–Trinajstić information content (AvgIpc) is 2.86. The molecule has 172 valence electrons. The number of benzene rings is 2. The Kier molecular flexibility index (Phi) is 7.40. The number of hydrogen-bond donors (Lipinski definition) is 2. The minimum absolute atomic E-state index is 0.0692. The minimum atomic E-state index is 0.0692. The number of aryl methyl sites for hydroxylation is 2. The molecular formula is C28H33N3O2. The predicted molar refractivity (Wildman–Crippen MR) is 133 cm³/mol. The zero-order chi connectivity index (χ0) is 23.2. The van der Waals surface area contributed by atoms with Gasteiger partial charge in [-0.15, -0.1) is 0 Å². The van der Waals surface area contributed by atoms with E-state index in [0.717, 1.165) is 37.2 Å². The van der Waals surface area contributed by atoms with Gasteiger partial charge in [0.15, 0.2) is 0 Å². The molecule has 1 fully saturated rings. The summed E-state index contributed by atoms with van der Waals surface area (Å²) in [7, 11) is 0. The van der Waals surface area contributed by atoms with Gasteiger partial charge in [-0.05, 0) is 73.6 Å². The largest absolute Gasteiger partial charge is 0.411 e. The normalized spacial score (nSPS) is 16.1. The van der Waals surface area contributed by atoms with E-state index >= 15 is 0 Å². The summed E-state index contributed by atoms with van der Waals surface area (Å²) in [4.78, 5) is 6.68. The quantitative estimate of drug-likeness (QED) is 0.295. The Labute approximate surface area is 196 Å². The molecule has 2 aromatic carbocycles. The summed E-state index contributed by atoms with van der Waals surface area (Å²) in [6.07, 6.45) is 4.41. The third-order valence-corrected chi connectivity index (χ3v) is 6.85. The lowest BCUT2D eigenvalue weighted by Crippen LogP contribution is -2.34. The van der Waals surface area contributed by atoms with E-state index in [1.807, 2.05) is 19.1 Å². The van der Waals surface area contributed by atoms with Crippen molar-refractivity contribution in [3.8, 4) is 0 Å². The Morgan fingerprint density at radius 3 is 2.42 bits per heavy atom. The maximum atomic E-state index is 9.88. The molecule has 3 aromatic rings. The Bertz CT molecular complexity index is 1090. The Morgan fingerprint density at radius 1 is 1.06 bits per heavy atom. The van der Waals surface area contributed by atoms with Crippen molar-refractivity contribution in [2.75, 3.05) is 24.6 Å². The molecule has 1 saturated heterocycles. The van der Waals surface area contributed by atoms with E-state index in [9.17, 15) is 10.3 Å². The van der Waals surface area contributed by atoms with Crippen LogP contribution in [0.1, 0.15) is 53.1 Å². The minimum Gasteiger partial charge on any atom is -0.411 e. The summed E-state index contributed by atoms with van der Waals surface area (Å²) in [5, 5.41) is 23.0. The second kappa shape index (κ2) is 10.6. The predicted octanol–water partition coefficient (Wildman–Crippen LogP) is 5.31. The number of hydrogen-bond acceptors (Lipinski definition) is 5. The molecule has 0 saturated carbocycles. The first-order chi connectivity index (χ1) is 16.1. The van der Waals surface area contributed by atoms with Gasteiger partial charge in [0, 0.05) is 55.2 Å². The van der Waals surface area contributed by atoms with Crippen molar-refractivity contribution in [1.82, 2.24) is 4.98 Å². The number of aliphatic hydroxyl groups is 1. The molecule has 1 unspecified atom stereocenters. The molecule has 5 nitrogen and oxygen atoms in total.